The lowest BCUT2D eigenvalue weighted by molar-refractivity contribution is -0.0915. The first kappa shape index (κ1) is 11.9. The van der Waals surface area contributed by atoms with Crippen molar-refractivity contribution >= 4 is 9.84 Å². The van der Waals surface area contributed by atoms with Gasteiger partial charge in [0.1, 0.15) is 15.4 Å². The monoisotopic (exact) mass is 223 g/mol. The number of nitrogens with two attached hydrogens (primary N) is 1. The van der Waals surface area contributed by atoms with Gasteiger partial charge in [-0.3, -0.25) is 0 Å². The van der Waals surface area contributed by atoms with Crippen LogP contribution in [0.4, 0.5) is 0 Å². The van der Waals surface area contributed by atoms with Crippen molar-refractivity contribution < 1.29 is 18.6 Å². The van der Waals surface area contributed by atoms with Crippen molar-refractivity contribution in [3.8, 4) is 0 Å². The number of hydrogen-bond acceptors (Lipinski definition) is 5. The van der Waals surface area contributed by atoms with Crippen LogP contribution in [-0.4, -0.2) is 48.4 Å². The molecule has 0 radical (unpaired) electrons. The molecule has 1 aliphatic carbocycles. The van der Waals surface area contributed by atoms with E-state index in [0.717, 1.165) is 6.26 Å². The minimum atomic E-state index is -3.13. The second kappa shape index (κ2) is 3.77. The number of sulfone groups is 1. The van der Waals surface area contributed by atoms with Crippen LogP contribution in [0, 0.1) is 0 Å². The quantitative estimate of drug-likeness (QED) is 0.536. The fourth-order valence-corrected chi connectivity index (χ4v) is 2.87. The summed E-state index contributed by atoms with van der Waals surface area (Å²) in [7, 11) is -3.13. The van der Waals surface area contributed by atoms with Gasteiger partial charge in [0.15, 0.2) is 0 Å². The summed E-state index contributed by atoms with van der Waals surface area (Å²) in [6.45, 7) is -0.0371. The summed E-state index contributed by atoms with van der Waals surface area (Å²) in [5.74, 6) is 0. The van der Waals surface area contributed by atoms with Gasteiger partial charge in [0, 0.05) is 12.8 Å². The number of aliphatic hydroxyl groups excluding tert-OH is 1. The average Bonchev–Trinajstić information content (AvgIpc) is 2.08. The van der Waals surface area contributed by atoms with E-state index in [-0.39, 0.29) is 19.4 Å². The van der Waals surface area contributed by atoms with Crippen LogP contribution in [0.1, 0.15) is 19.3 Å². The highest BCUT2D eigenvalue weighted by Crippen LogP contribution is 2.31. The summed E-state index contributed by atoms with van der Waals surface area (Å²) in [6.07, 6.45) is 0.788. The Morgan fingerprint density at radius 3 is 2.50 bits per heavy atom. The van der Waals surface area contributed by atoms with Gasteiger partial charge in [0.25, 0.3) is 0 Å². The molecule has 1 aliphatic rings. The Labute approximate surface area is 83.8 Å². The summed E-state index contributed by atoms with van der Waals surface area (Å²) < 4.78 is 22.4. The Balaban J connectivity index is 2.74. The summed E-state index contributed by atoms with van der Waals surface area (Å²) in [5, 5.41) is 18.8. The van der Waals surface area contributed by atoms with E-state index in [9.17, 15) is 18.6 Å². The van der Waals surface area contributed by atoms with E-state index in [1.165, 1.54) is 0 Å². The first-order valence-corrected chi connectivity index (χ1v) is 6.54. The molecule has 0 bridgehead atoms. The van der Waals surface area contributed by atoms with E-state index in [4.69, 9.17) is 5.73 Å². The van der Waals surface area contributed by atoms with Gasteiger partial charge in [-0.25, -0.2) is 8.42 Å². The van der Waals surface area contributed by atoms with Crippen LogP contribution in [0.5, 0.6) is 0 Å². The van der Waals surface area contributed by atoms with Gasteiger partial charge in [-0.1, -0.05) is 0 Å². The molecule has 6 heteroatoms. The average molecular weight is 223 g/mol. The second-order valence-corrected chi connectivity index (χ2v) is 6.38. The van der Waals surface area contributed by atoms with E-state index in [1.54, 1.807) is 0 Å². The summed E-state index contributed by atoms with van der Waals surface area (Å²) in [5.41, 5.74) is 4.02. The third-order valence-electron chi connectivity index (χ3n) is 2.96. The zero-order valence-corrected chi connectivity index (χ0v) is 9.00. The van der Waals surface area contributed by atoms with Gasteiger partial charge in [-0.2, -0.15) is 0 Å². The number of aliphatic hydroxyl groups is 2. The first-order valence-electron chi connectivity index (χ1n) is 4.59. The zero-order valence-electron chi connectivity index (χ0n) is 8.18. The molecule has 0 aromatic carbocycles. The fourth-order valence-electron chi connectivity index (χ4n) is 1.79. The van der Waals surface area contributed by atoms with Gasteiger partial charge in [-0.15, -0.1) is 0 Å². The van der Waals surface area contributed by atoms with Gasteiger partial charge in [-0.05, 0) is 19.3 Å². The SMILES string of the molecule is CS(=O)(=O)[C@H]1CC[C@](O)(CN)[C@@H](O)C1. The van der Waals surface area contributed by atoms with Crippen LogP contribution in [0.3, 0.4) is 0 Å². The van der Waals surface area contributed by atoms with Gasteiger partial charge in [0.2, 0.25) is 0 Å². The highest BCUT2D eigenvalue weighted by atomic mass is 32.2. The maximum Gasteiger partial charge on any atom is 0.150 e. The minimum Gasteiger partial charge on any atom is -0.390 e. The molecule has 0 amide bonds. The predicted octanol–water partition coefficient (Wildman–Crippen LogP) is -1.37. The molecule has 3 atom stereocenters. The lowest BCUT2D eigenvalue weighted by Crippen LogP contribution is -2.54. The van der Waals surface area contributed by atoms with Crippen molar-refractivity contribution in [2.24, 2.45) is 5.73 Å². The molecule has 0 heterocycles. The molecule has 1 rings (SSSR count). The molecule has 14 heavy (non-hydrogen) atoms. The third kappa shape index (κ3) is 2.25. The van der Waals surface area contributed by atoms with Crippen LogP contribution in [0.15, 0.2) is 0 Å². The predicted molar refractivity (Wildman–Crippen MR) is 52.5 cm³/mol. The molecule has 0 aromatic heterocycles. The fraction of sp³-hybridized carbons (Fsp3) is 1.00. The first-order chi connectivity index (χ1) is 6.29. The Bertz CT molecular complexity index is 302. The van der Waals surface area contributed by atoms with Crippen LogP contribution in [0.2, 0.25) is 0 Å². The normalized spacial score (nSPS) is 39.7. The molecule has 84 valence electrons. The molecule has 0 saturated heterocycles. The molecule has 0 spiro atoms. The number of rotatable bonds is 2. The van der Waals surface area contributed by atoms with Crippen molar-refractivity contribution in [1.82, 2.24) is 0 Å². The van der Waals surface area contributed by atoms with Crippen molar-refractivity contribution in [1.29, 1.82) is 0 Å². The standard InChI is InChI=1S/C8H17NO4S/c1-14(12,13)6-2-3-8(11,5-9)7(10)4-6/h6-7,10-11H,2-5,9H2,1H3/t6-,7-,8-/m0/s1. The van der Waals surface area contributed by atoms with Gasteiger partial charge >= 0.3 is 0 Å². The zero-order chi connectivity index (χ0) is 11.0. The van der Waals surface area contributed by atoms with Crippen LogP contribution in [0.25, 0.3) is 0 Å². The molecule has 5 nitrogen and oxygen atoms in total. The highest BCUT2D eigenvalue weighted by Gasteiger charge is 2.42. The number of hydrogen-bond donors (Lipinski definition) is 3. The molecular weight excluding hydrogens is 206 g/mol. The second-order valence-electron chi connectivity index (χ2n) is 4.05. The maximum absolute atomic E-state index is 11.2. The van der Waals surface area contributed by atoms with Crippen LogP contribution < -0.4 is 5.73 Å². The molecule has 1 saturated carbocycles. The lowest BCUT2D eigenvalue weighted by atomic mass is 9.82. The van der Waals surface area contributed by atoms with Crippen LogP contribution in [-0.2, 0) is 9.84 Å². The van der Waals surface area contributed by atoms with E-state index in [0.29, 0.717) is 6.42 Å². The molecular formula is C8H17NO4S. The molecule has 1 fully saturated rings. The summed E-state index contributed by atoms with van der Waals surface area (Å²) >= 11 is 0. The van der Waals surface area contributed by atoms with Crippen molar-refractivity contribution in [2.45, 2.75) is 36.2 Å². The smallest absolute Gasteiger partial charge is 0.150 e. The van der Waals surface area contributed by atoms with Gasteiger partial charge < -0.3 is 15.9 Å². The van der Waals surface area contributed by atoms with Crippen molar-refractivity contribution in [3.63, 3.8) is 0 Å². The molecule has 0 aliphatic heterocycles. The Morgan fingerprint density at radius 2 is 2.14 bits per heavy atom. The van der Waals surface area contributed by atoms with Crippen molar-refractivity contribution in [3.05, 3.63) is 0 Å². The summed E-state index contributed by atoms with van der Waals surface area (Å²) in [6, 6.07) is 0. The minimum absolute atomic E-state index is 0.0371. The third-order valence-corrected chi connectivity index (χ3v) is 4.60. The molecule has 0 aromatic rings. The Kier molecular flexibility index (Phi) is 3.20. The largest absolute Gasteiger partial charge is 0.390 e. The van der Waals surface area contributed by atoms with Gasteiger partial charge in [0.05, 0.1) is 11.4 Å². The van der Waals surface area contributed by atoms with Crippen LogP contribution >= 0.6 is 0 Å². The molecule has 0 unspecified atom stereocenters. The maximum atomic E-state index is 11.2. The summed E-state index contributed by atoms with van der Waals surface area (Å²) in [4.78, 5) is 0. The Hall–Kier alpha value is -0.170. The van der Waals surface area contributed by atoms with E-state index in [2.05, 4.69) is 0 Å². The van der Waals surface area contributed by atoms with E-state index >= 15 is 0 Å². The van der Waals surface area contributed by atoms with Crippen molar-refractivity contribution in [2.75, 3.05) is 12.8 Å². The van der Waals surface area contributed by atoms with E-state index in [1.807, 2.05) is 0 Å². The van der Waals surface area contributed by atoms with E-state index < -0.39 is 26.8 Å². The molecule has 4 N–H and O–H groups in total. The Morgan fingerprint density at radius 1 is 1.57 bits per heavy atom. The lowest BCUT2D eigenvalue weighted by Gasteiger charge is -2.38. The highest BCUT2D eigenvalue weighted by molar-refractivity contribution is 7.91. The topological polar surface area (TPSA) is 101 Å².